The molecule has 0 aromatic heterocycles. The van der Waals surface area contributed by atoms with Crippen LogP contribution in [0.4, 0.5) is 4.79 Å². The Bertz CT molecular complexity index is 1130. The van der Waals surface area contributed by atoms with Gasteiger partial charge in [-0.3, -0.25) is 4.79 Å². The van der Waals surface area contributed by atoms with Gasteiger partial charge in [0.15, 0.2) is 6.61 Å². The molecule has 2 aliphatic rings. The first-order chi connectivity index (χ1) is 18.5. The van der Waals surface area contributed by atoms with E-state index in [1.54, 1.807) is 36.6 Å². The Labute approximate surface area is 228 Å². The number of esters is 1. The van der Waals surface area contributed by atoms with E-state index in [2.05, 4.69) is 5.16 Å². The number of rotatable bonds is 3. The number of phenols is 2. The Balaban J connectivity index is 1.67. The highest BCUT2D eigenvalue weighted by atomic mass is 16.6. The smallest absolute Gasteiger partial charge is 0.410 e. The van der Waals surface area contributed by atoms with Crippen LogP contribution in [0.5, 0.6) is 11.5 Å². The molecule has 0 unspecified atom stereocenters. The van der Waals surface area contributed by atoms with Crippen LogP contribution in [0.1, 0.15) is 56.0 Å². The summed E-state index contributed by atoms with van der Waals surface area (Å²) in [5.41, 5.74) is 0.0419. The third-order valence-corrected chi connectivity index (χ3v) is 5.91. The molecule has 2 amide bonds. The largest absolute Gasteiger partial charge is 0.508 e. The zero-order valence-electron chi connectivity index (χ0n) is 22.7. The average Bonchev–Trinajstić information content (AvgIpc) is 2.85. The number of fused-ring (bicyclic) bond motifs is 1. The van der Waals surface area contributed by atoms with Crippen LogP contribution in [-0.4, -0.2) is 88.7 Å². The molecular formula is C28H37N3O8. The third-order valence-electron chi connectivity index (χ3n) is 5.91. The summed E-state index contributed by atoms with van der Waals surface area (Å²) >= 11 is 0. The fraction of sp³-hybridized carbons (Fsp3) is 0.500. The maximum absolute atomic E-state index is 12.7. The maximum atomic E-state index is 12.7. The van der Waals surface area contributed by atoms with Crippen LogP contribution in [0.15, 0.2) is 41.6 Å². The normalized spacial score (nSPS) is 19.9. The van der Waals surface area contributed by atoms with Gasteiger partial charge in [0, 0.05) is 38.7 Å². The van der Waals surface area contributed by atoms with Gasteiger partial charge < -0.3 is 34.3 Å². The molecule has 0 radical (unpaired) electrons. The van der Waals surface area contributed by atoms with Crippen molar-refractivity contribution in [3.8, 4) is 11.5 Å². The van der Waals surface area contributed by atoms with Crippen LogP contribution in [-0.2, 0) is 25.5 Å². The van der Waals surface area contributed by atoms with E-state index in [9.17, 15) is 24.6 Å². The Hall–Kier alpha value is -4.02. The summed E-state index contributed by atoms with van der Waals surface area (Å²) in [6, 6.07) is 2.44. The van der Waals surface area contributed by atoms with E-state index in [-0.39, 0.29) is 36.9 Å². The molecule has 1 fully saturated rings. The lowest BCUT2D eigenvalue weighted by Crippen LogP contribution is -2.52. The minimum absolute atomic E-state index is 0.0431. The molecular weight excluding hydrogens is 506 g/mol. The Kier molecular flexibility index (Phi) is 10.4. The van der Waals surface area contributed by atoms with E-state index >= 15 is 0 Å². The van der Waals surface area contributed by atoms with E-state index < -0.39 is 23.4 Å². The quantitative estimate of drug-likeness (QED) is 0.335. The van der Waals surface area contributed by atoms with Crippen molar-refractivity contribution in [3.05, 3.63) is 47.6 Å². The summed E-state index contributed by atoms with van der Waals surface area (Å²) in [6.45, 7) is 6.65. The SMILES string of the molecule is CC(C)(C)OC(=O)N1CCN(C(=O)CO/N=C2/C=C/CC/C=C/CCOC(=O)c3c(O)cc(O)cc3C2)CC1. The number of benzene rings is 1. The van der Waals surface area contributed by atoms with Crippen LogP contribution in [0, 0.1) is 0 Å². The number of cyclic esters (lactones) is 1. The zero-order chi connectivity index (χ0) is 28.4. The number of aromatic hydroxyl groups is 2. The van der Waals surface area contributed by atoms with E-state index in [4.69, 9.17) is 14.3 Å². The molecule has 212 valence electrons. The number of ether oxygens (including phenoxy) is 2. The fourth-order valence-electron chi connectivity index (χ4n) is 4.03. The van der Waals surface area contributed by atoms with Gasteiger partial charge in [0.2, 0.25) is 0 Å². The van der Waals surface area contributed by atoms with Crippen molar-refractivity contribution in [2.24, 2.45) is 5.16 Å². The van der Waals surface area contributed by atoms with E-state index in [0.29, 0.717) is 43.9 Å². The van der Waals surface area contributed by atoms with Crippen molar-refractivity contribution >= 4 is 23.7 Å². The number of allylic oxidation sites excluding steroid dienone is 3. The second-order valence-electron chi connectivity index (χ2n) is 10.3. The molecule has 1 aromatic rings. The van der Waals surface area contributed by atoms with Crippen LogP contribution < -0.4 is 0 Å². The van der Waals surface area contributed by atoms with Crippen molar-refractivity contribution in [1.29, 1.82) is 0 Å². The molecule has 0 aliphatic carbocycles. The van der Waals surface area contributed by atoms with Gasteiger partial charge in [-0.1, -0.05) is 23.4 Å². The molecule has 0 bridgehead atoms. The number of piperazine rings is 1. The highest BCUT2D eigenvalue weighted by Gasteiger charge is 2.28. The lowest BCUT2D eigenvalue weighted by molar-refractivity contribution is -0.137. The van der Waals surface area contributed by atoms with Crippen molar-refractivity contribution in [2.45, 2.75) is 52.1 Å². The van der Waals surface area contributed by atoms with Gasteiger partial charge in [0.05, 0.1) is 12.3 Å². The Morgan fingerprint density at radius 2 is 1.67 bits per heavy atom. The second-order valence-corrected chi connectivity index (χ2v) is 10.3. The van der Waals surface area contributed by atoms with Gasteiger partial charge in [-0.25, -0.2) is 9.59 Å². The minimum Gasteiger partial charge on any atom is -0.508 e. The van der Waals surface area contributed by atoms with Crippen molar-refractivity contribution in [1.82, 2.24) is 9.80 Å². The number of carbonyl (C=O) groups excluding carboxylic acids is 3. The molecule has 1 saturated heterocycles. The first-order valence-corrected chi connectivity index (χ1v) is 13.0. The fourth-order valence-corrected chi connectivity index (χ4v) is 4.03. The highest BCUT2D eigenvalue weighted by Crippen LogP contribution is 2.29. The zero-order valence-corrected chi connectivity index (χ0v) is 22.7. The lowest BCUT2D eigenvalue weighted by Gasteiger charge is -2.35. The van der Waals surface area contributed by atoms with Crippen LogP contribution in [0.25, 0.3) is 0 Å². The second kappa shape index (κ2) is 13.7. The van der Waals surface area contributed by atoms with Crippen LogP contribution in [0.3, 0.4) is 0 Å². The third kappa shape index (κ3) is 9.35. The number of hydrogen-bond donors (Lipinski definition) is 2. The summed E-state index contributed by atoms with van der Waals surface area (Å²) in [5, 5.41) is 24.5. The van der Waals surface area contributed by atoms with Gasteiger partial charge in [-0.15, -0.1) is 0 Å². The molecule has 11 nitrogen and oxygen atoms in total. The van der Waals surface area contributed by atoms with Crippen molar-refractivity contribution in [2.75, 3.05) is 39.4 Å². The van der Waals surface area contributed by atoms with Crippen molar-refractivity contribution < 1.29 is 38.9 Å². The van der Waals surface area contributed by atoms with Gasteiger partial charge in [-0.05, 0) is 57.7 Å². The molecule has 2 N–H and O–H groups in total. The lowest BCUT2D eigenvalue weighted by atomic mass is 10.00. The molecule has 1 aromatic carbocycles. The van der Waals surface area contributed by atoms with E-state index in [1.807, 2.05) is 18.2 Å². The highest BCUT2D eigenvalue weighted by molar-refractivity contribution is 6.00. The topological polar surface area (TPSA) is 138 Å². The molecule has 11 heteroatoms. The van der Waals surface area contributed by atoms with Crippen LogP contribution >= 0.6 is 0 Å². The predicted octanol–water partition coefficient (Wildman–Crippen LogP) is 3.55. The van der Waals surface area contributed by atoms with Gasteiger partial charge in [-0.2, -0.15) is 0 Å². The maximum Gasteiger partial charge on any atom is 0.410 e. The molecule has 3 rings (SSSR count). The number of hydrogen-bond acceptors (Lipinski definition) is 9. The first kappa shape index (κ1) is 29.5. The molecule has 0 spiro atoms. The molecule has 2 heterocycles. The number of oxime groups is 1. The summed E-state index contributed by atoms with van der Waals surface area (Å²) in [5.74, 6) is -1.61. The predicted molar refractivity (Wildman–Crippen MR) is 144 cm³/mol. The van der Waals surface area contributed by atoms with E-state index in [1.165, 1.54) is 6.07 Å². The molecule has 39 heavy (non-hydrogen) atoms. The van der Waals surface area contributed by atoms with Gasteiger partial charge in [0.1, 0.15) is 22.7 Å². The minimum atomic E-state index is -0.710. The summed E-state index contributed by atoms with van der Waals surface area (Å²) in [7, 11) is 0. The van der Waals surface area contributed by atoms with Gasteiger partial charge in [0.25, 0.3) is 5.91 Å². The molecule has 0 atom stereocenters. The number of phenolic OH excluding ortho intramolecular Hbond substituents is 2. The van der Waals surface area contributed by atoms with Crippen molar-refractivity contribution in [3.63, 3.8) is 0 Å². The number of nitrogens with zero attached hydrogens (tertiary/aromatic N) is 3. The van der Waals surface area contributed by atoms with E-state index in [0.717, 1.165) is 18.9 Å². The molecule has 2 aliphatic heterocycles. The summed E-state index contributed by atoms with van der Waals surface area (Å²) in [4.78, 5) is 46.2. The molecule has 0 saturated carbocycles. The monoisotopic (exact) mass is 543 g/mol. The van der Waals surface area contributed by atoms with Gasteiger partial charge >= 0.3 is 12.1 Å². The average molecular weight is 544 g/mol. The first-order valence-electron chi connectivity index (χ1n) is 13.0. The number of amides is 2. The Morgan fingerprint density at radius 1 is 1.00 bits per heavy atom. The van der Waals surface area contributed by atoms with Crippen LogP contribution in [0.2, 0.25) is 0 Å². The standard InChI is InChI=1S/C28H37N3O8/c1-28(2,3)39-27(36)31-13-11-30(12-14-31)24(34)19-38-29-21-10-8-6-4-5-7-9-15-37-26(35)25-20(16-21)17-22(32)18-23(25)33/h5,7-8,10,17-18,32-33H,4,6,9,11-16,19H2,1-3H3/b7-5+,10-8+,29-21-. The number of carbonyl (C=O) groups is 3. The summed E-state index contributed by atoms with van der Waals surface area (Å²) in [6.07, 6.45) is 9.23. The summed E-state index contributed by atoms with van der Waals surface area (Å²) < 4.78 is 10.7. The Morgan fingerprint density at radius 3 is 2.38 bits per heavy atom.